The Kier molecular flexibility index (Phi) is 5.52. The van der Waals surface area contributed by atoms with Crippen molar-refractivity contribution in [2.45, 2.75) is 34.6 Å². The van der Waals surface area contributed by atoms with Crippen LogP contribution in [0.4, 0.5) is 0 Å². The van der Waals surface area contributed by atoms with Crippen LogP contribution >= 0.6 is 0 Å². The van der Waals surface area contributed by atoms with Crippen molar-refractivity contribution in [1.82, 2.24) is 19.5 Å². The minimum atomic E-state index is -0.556. The molecule has 3 heterocycles. The molecule has 0 saturated heterocycles. The number of nitrogens with zero attached hydrogens (tertiary/aromatic N) is 4. The maximum atomic E-state index is 12.7. The van der Waals surface area contributed by atoms with Crippen molar-refractivity contribution in [2.75, 3.05) is 6.61 Å². The van der Waals surface area contributed by atoms with E-state index in [0.29, 0.717) is 28.4 Å². The summed E-state index contributed by atoms with van der Waals surface area (Å²) in [6, 6.07) is 12.5. The van der Waals surface area contributed by atoms with Gasteiger partial charge in [0.25, 0.3) is 0 Å². The van der Waals surface area contributed by atoms with Crippen molar-refractivity contribution in [3.8, 4) is 11.5 Å². The number of benzene rings is 1. The lowest BCUT2D eigenvalue weighted by Crippen LogP contribution is -2.15. The second kappa shape index (κ2) is 8.30. The van der Waals surface area contributed by atoms with Crippen molar-refractivity contribution in [1.29, 1.82) is 0 Å². The Labute approximate surface area is 185 Å². The van der Waals surface area contributed by atoms with Gasteiger partial charge < -0.3 is 9.26 Å². The van der Waals surface area contributed by atoms with Crippen LogP contribution < -0.4 is 0 Å². The largest absolute Gasteiger partial charge is 0.454 e. The first-order valence-electron chi connectivity index (χ1n) is 10.2. The third kappa shape index (κ3) is 3.99. The summed E-state index contributed by atoms with van der Waals surface area (Å²) in [6.07, 6.45) is 0. The second-order valence-electron chi connectivity index (χ2n) is 7.80. The number of Topliss-reactive ketones (excluding diaryl/α,β-unsaturated/α-hetero) is 1. The van der Waals surface area contributed by atoms with Gasteiger partial charge in [0.2, 0.25) is 5.78 Å². The molecule has 0 aliphatic rings. The molecule has 0 aliphatic heterocycles. The number of carbonyl (C=O) groups is 2. The molecule has 0 radical (unpaired) electrons. The van der Waals surface area contributed by atoms with Crippen LogP contribution in [-0.2, 0) is 4.74 Å². The van der Waals surface area contributed by atoms with Crippen molar-refractivity contribution in [2.24, 2.45) is 0 Å². The van der Waals surface area contributed by atoms with Gasteiger partial charge in [0.15, 0.2) is 12.4 Å². The van der Waals surface area contributed by atoms with E-state index in [4.69, 9.17) is 9.26 Å². The van der Waals surface area contributed by atoms with Crippen LogP contribution in [-0.4, -0.2) is 37.9 Å². The van der Waals surface area contributed by atoms with E-state index < -0.39 is 5.97 Å². The first-order valence-corrected chi connectivity index (χ1v) is 10.2. The number of esters is 1. The third-order valence-corrected chi connectivity index (χ3v) is 5.27. The monoisotopic (exact) mass is 432 g/mol. The van der Waals surface area contributed by atoms with Crippen molar-refractivity contribution in [3.63, 3.8) is 0 Å². The van der Waals surface area contributed by atoms with Crippen LogP contribution in [0.1, 0.15) is 49.3 Å². The van der Waals surface area contributed by atoms with Crippen LogP contribution in [0, 0.1) is 34.6 Å². The Hall–Kier alpha value is -3.94. The summed E-state index contributed by atoms with van der Waals surface area (Å²) in [5.41, 5.74) is 5.17. The van der Waals surface area contributed by atoms with Gasteiger partial charge in [-0.15, -0.1) is 0 Å². The first kappa shape index (κ1) is 21.3. The zero-order chi connectivity index (χ0) is 23.0. The number of hydrogen-bond acceptors (Lipinski definition) is 6. The van der Waals surface area contributed by atoms with Crippen LogP contribution in [0.3, 0.4) is 0 Å². The van der Waals surface area contributed by atoms with Crippen molar-refractivity contribution in [3.05, 3.63) is 82.1 Å². The fourth-order valence-corrected chi connectivity index (χ4v) is 3.78. The maximum Gasteiger partial charge on any atom is 0.338 e. The summed E-state index contributed by atoms with van der Waals surface area (Å²) in [5.74, 6) is 0.450. The molecule has 0 saturated carbocycles. The fraction of sp³-hybridized carbons (Fsp3) is 0.250. The number of aromatic nitrogens is 4. The highest BCUT2D eigenvalue weighted by Gasteiger charge is 2.20. The minimum absolute atomic E-state index is 0.280. The molecule has 0 aliphatic carbocycles. The van der Waals surface area contributed by atoms with Gasteiger partial charge in [0, 0.05) is 28.7 Å². The van der Waals surface area contributed by atoms with Gasteiger partial charge in [0.05, 0.1) is 16.9 Å². The molecule has 3 aromatic heterocycles. The van der Waals surface area contributed by atoms with E-state index in [9.17, 15) is 9.59 Å². The molecule has 0 N–H and O–H groups in total. The summed E-state index contributed by atoms with van der Waals surface area (Å²) >= 11 is 0. The summed E-state index contributed by atoms with van der Waals surface area (Å²) in [7, 11) is 0. The molecule has 0 fully saturated rings. The van der Waals surface area contributed by atoms with Crippen LogP contribution in [0.25, 0.3) is 11.5 Å². The van der Waals surface area contributed by atoms with E-state index in [-0.39, 0.29) is 12.4 Å². The minimum Gasteiger partial charge on any atom is -0.454 e. The molecule has 32 heavy (non-hydrogen) atoms. The summed E-state index contributed by atoms with van der Waals surface area (Å²) < 4.78 is 14.1. The lowest BCUT2D eigenvalue weighted by Gasteiger charge is -2.07. The summed E-state index contributed by atoms with van der Waals surface area (Å²) in [4.78, 5) is 25.2. The molecule has 8 nitrogen and oxygen atoms in total. The van der Waals surface area contributed by atoms with Crippen LogP contribution in [0.5, 0.6) is 0 Å². The molecule has 8 heteroatoms. The molecule has 4 rings (SSSR count). The topological polar surface area (TPSA) is 92.2 Å². The Morgan fingerprint density at radius 2 is 1.69 bits per heavy atom. The molecular weight excluding hydrogens is 408 g/mol. The molecule has 0 amide bonds. The first-order chi connectivity index (χ1) is 15.2. The number of aryl methyl sites for hydroxylation is 4. The Balaban J connectivity index is 1.44. The van der Waals surface area contributed by atoms with E-state index in [1.807, 2.05) is 38.3 Å². The number of rotatable bonds is 6. The molecule has 4 aromatic rings. The second-order valence-corrected chi connectivity index (χ2v) is 7.80. The van der Waals surface area contributed by atoms with E-state index in [1.165, 1.54) is 0 Å². The zero-order valence-electron chi connectivity index (χ0n) is 18.7. The predicted octanol–water partition coefficient (Wildman–Crippen LogP) is 4.23. The van der Waals surface area contributed by atoms with Gasteiger partial charge in [-0.1, -0.05) is 5.16 Å². The molecule has 0 atom stereocenters. The lowest BCUT2D eigenvalue weighted by molar-refractivity contribution is 0.0474. The molecule has 0 bridgehead atoms. The fourth-order valence-electron chi connectivity index (χ4n) is 3.78. The molecule has 1 aromatic carbocycles. The predicted molar refractivity (Wildman–Crippen MR) is 118 cm³/mol. The average molecular weight is 432 g/mol. The Bertz CT molecular complexity index is 1310. The zero-order valence-corrected chi connectivity index (χ0v) is 18.7. The number of ether oxygens (including phenoxy) is 1. The van der Waals surface area contributed by atoms with Gasteiger partial charge in [-0.05, 0) is 71.0 Å². The standard InChI is InChI=1S/C24H24N4O4/c1-14-10-16(3)28(25-14)20-8-6-19(7-9-20)24(30)31-13-22(29)21-11-15(2)27(18(21)5)23-12-17(4)32-26-23/h6-12H,13H2,1-5H3. The van der Waals surface area contributed by atoms with Crippen molar-refractivity contribution >= 4 is 11.8 Å². The van der Waals surface area contributed by atoms with Gasteiger partial charge >= 0.3 is 5.97 Å². The third-order valence-electron chi connectivity index (χ3n) is 5.27. The molecule has 0 spiro atoms. The lowest BCUT2D eigenvalue weighted by atomic mass is 10.1. The number of ketones is 1. The highest BCUT2D eigenvalue weighted by Crippen LogP contribution is 2.21. The highest BCUT2D eigenvalue weighted by atomic mass is 16.5. The Morgan fingerprint density at radius 3 is 2.28 bits per heavy atom. The van der Waals surface area contributed by atoms with Crippen molar-refractivity contribution < 1.29 is 18.8 Å². The smallest absolute Gasteiger partial charge is 0.338 e. The summed E-state index contributed by atoms with van der Waals surface area (Å²) in [6.45, 7) is 9.05. The highest BCUT2D eigenvalue weighted by molar-refractivity contribution is 6.00. The maximum absolute atomic E-state index is 12.7. The SMILES string of the molecule is Cc1cc(C)n(-c2ccc(C(=O)OCC(=O)c3cc(C)n(-c4cc(C)on4)c3C)cc2)n1. The molecule has 0 unspecified atom stereocenters. The normalized spacial score (nSPS) is 11.0. The van der Waals surface area contributed by atoms with E-state index in [2.05, 4.69) is 10.3 Å². The quantitative estimate of drug-likeness (QED) is 0.334. The summed E-state index contributed by atoms with van der Waals surface area (Å²) in [5, 5.41) is 8.45. The van der Waals surface area contributed by atoms with Gasteiger partial charge in [-0.2, -0.15) is 5.10 Å². The van der Waals surface area contributed by atoms with Gasteiger partial charge in [0.1, 0.15) is 5.76 Å². The molecular formula is C24H24N4O4. The van der Waals surface area contributed by atoms with E-state index in [1.54, 1.807) is 48.0 Å². The van der Waals surface area contributed by atoms with Gasteiger partial charge in [-0.3, -0.25) is 9.36 Å². The van der Waals surface area contributed by atoms with E-state index >= 15 is 0 Å². The molecule has 164 valence electrons. The van der Waals surface area contributed by atoms with E-state index in [0.717, 1.165) is 22.8 Å². The van der Waals surface area contributed by atoms with Gasteiger partial charge in [-0.25, -0.2) is 9.48 Å². The Morgan fingerprint density at radius 1 is 0.969 bits per heavy atom. The average Bonchev–Trinajstić information content (AvgIpc) is 3.42. The number of hydrogen-bond donors (Lipinski definition) is 0. The van der Waals surface area contributed by atoms with Crippen LogP contribution in [0.2, 0.25) is 0 Å². The van der Waals surface area contributed by atoms with Crippen LogP contribution in [0.15, 0.2) is 47.0 Å². The number of carbonyl (C=O) groups excluding carboxylic acids is 2.